The van der Waals surface area contributed by atoms with Crippen molar-refractivity contribution in [3.63, 3.8) is 0 Å². The quantitative estimate of drug-likeness (QED) is 0.302. The third kappa shape index (κ3) is 6.62. The number of guanidine groups is 1. The Morgan fingerprint density at radius 1 is 1.20 bits per heavy atom. The molecule has 0 atom stereocenters. The van der Waals surface area contributed by atoms with Gasteiger partial charge >= 0.3 is 0 Å². The van der Waals surface area contributed by atoms with E-state index in [-0.39, 0.29) is 18.4 Å². The molecule has 0 bridgehead atoms. The minimum Gasteiger partial charge on any atom is -0.369 e. The Morgan fingerprint density at radius 2 is 1.87 bits per heavy atom. The first-order valence-electron chi connectivity index (χ1n) is 4.64. The van der Waals surface area contributed by atoms with E-state index in [1.807, 2.05) is 18.2 Å². The average Bonchev–Trinajstić information content (AvgIpc) is 2.18. The van der Waals surface area contributed by atoms with Gasteiger partial charge < -0.3 is 16.9 Å². The highest BCUT2D eigenvalue weighted by atomic mass is 35.5. The van der Waals surface area contributed by atoms with Crippen LogP contribution in [-0.4, -0.2) is 12.5 Å². The molecule has 0 fully saturated rings. The molecular formula is C10H17ClN4. The van der Waals surface area contributed by atoms with Gasteiger partial charge in [0.1, 0.15) is 0 Å². The minimum absolute atomic E-state index is 0. The van der Waals surface area contributed by atoms with Crippen LogP contribution in [0.25, 0.3) is 0 Å². The first kappa shape index (κ1) is 13.6. The van der Waals surface area contributed by atoms with Gasteiger partial charge in [0.25, 0.3) is 0 Å². The van der Waals surface area contributed by atoms with Gasteiger partial charge in [-0.25, -0.2) is 0 Å². The van der Waals surface area contributed by atoms with Crippen molar-refractivity contribution in [2.45, 2.75) is 12.8 Å². The predicted molar refractivity (Wildman–Crippen MR) is 65.8 cm³/mol. The SMILES string of the molecule is Cl.NC(N)=NNCCCc1ccccc1. The van der Waals surface area contributed by atoms with Crippen LogP contribution in [0.1, 0.15) is 12.0 Å². The topological polar surface area (TPSA) is 76.4 Å². The lowest BCUT2D eigenvalue weighted by molar-refractivity contribution is 0.680. The van der Waals surface area contributed by atoms with Crippen LogP contribution in [0, 0.1) is 0 Å². The number of hydrogen-bond acceptors (Lipinski definition) is 2. The van der Waals surface area contributed by atoms with Crippen molar-refractivity contribution in [3.05, 3.63) is 35.9 Å². The second-order valence-corrected chi connectivity index (χ2v) is 3.03. The molecule has 0 saturated carbocycles. The van der Waals surface area contributed by atoms with Gasteiger partial charge in [0.05, 0.1) is 0 Å². The summed E-state index contributed by atoms with van der Waals surface area (Å²) in [7, 11) is 0. The van der Waals surface area contributed by atoms with Crippen LogP contribution >= 0.6 is 12.4 Å². The highest BCUT2D eigenvalue weighted by molar-refractivity contribution is 5.85. The number of hydrazone groups is 1. The molecule has 15 heavy (non-hydrogen) atoms. The molecule has 1 aromatic carbocycles. The van der Waals surface area contributed by atoms with Crippen molar-refractivity contribution in [2.24, 2.45) is 16.6 Å². The molecule has 0 amide bonds. The third-order valence-electron chi connectivity index (χ3n) is 1.81. The van der Waals surface area contributed by atoms with Crippen LogP contribution in [-0.2, 0) is 6.42 Å². The molecule has 0 aliphatic rings. The molecule has 0 heterocycles. The van der Waals surface area contributed by atoms with Crippen LogP contribution in [0.5, 0.6) is 0 Å². The van der Waals surface area contributed by atoms with E-state index in [1.165, 1.54) is 5.56 Å². The maximum absolute atomic E-state index is 5.15. The first-order valence-corrected chi connectivity index (χ1v) is 4.64. The largest absolute Gasteiger partial charge is 0.369 e. The van der Waals surface area contributed by atoms with Crippen LogP contribution in [0.2, 0.25) is 0 Å². The summed E-state index contributed by atoms with van der Waals surface area (Å²) < 4.78 is 0. The standard InChI is InChI=1S/C10H16N4.ClH/c11-10(12)14-13-8-4-7-9-5-2-1-3-6-9;/h1-3,5-6,13H,4,7-8H2,(H4,11,12,14);1H. The van der Waals surface area contributed by atoms with Crippen molar-refractivity contribution >= 4 is 18.4 Å². The van der Waals surface area contributed by atoms with E-state index in [0.717, 1.165) is 19.4 Å². The summed E-state index contributed by atoms with van der Waals surface area (Å²) in [6, 6.07) is 10.3. The molecule has 0 unspecified atom stereocenters. The molecule has 0 radical (unpaired) electrons. The number of nitrogens with two attached hydrogens (primary N) is 2. The molecule has 5 heteroatoms. The highest BCUT2D eigenvalue weighted by Gasteiger charge is 1.90. The monoisotopic (exact) mass is 228 g/mol. The smallest absolute Gasteiger partial charge is 0.208 e. The first-order chi connectivity index (χ1) is 6.79. The number of halogens is 1. The van der Waals surface area contributed by atoms with Crippen molar-refractivity contribution in [2.75, 3.05) is 6.54 Å². The second kappa shape index (κ2) is 7.94. The number of nitrogens with one attached hydrogen (secondary N) is 1. The van der Waals surface area contributed by atoms with E-state index in [2.05, 4.69) is 22.7 Å². The van der Waals surface area contributed by atoms with Gasteiger partial charge in [0, 0.05) is 6.54 Å². The Labute approximate surface area is 96.1 Å². The zero-order valence-electron chi connectivity index (χ0n) is 8.52. The minimum atomic E-state index is 0. The maximum Gasteiger partial charge on any atom is 0.208 e. The van der Waals surface area contributed by atoms with Crippen LogP contribution in [0.3, 0.4) is 0 Å². The van der Waals surface area contributed by atoms with Gasteiger partial charge in [0.15, 0.2) is 0 Å². The fourth-order valence-electron chi connectivity index (χ4n) is 1.16. The van der Waals surface area contributed by atoms with Gasteiger partial charge in [-0.2, -0.15) is 0 Å². The Bertz CT molecular complexity index is 283. The van der Waals surface area contributed by atoms with E-state index < -0.39 is 0 Å². The van der Waals surface area contributed by atoms with E-state index in [4.69, 9.17) is 11.5 Å². The van der Waals surface area contributed by atoms with E-state index in [9.17, 15) is 0 Å². The normalized spacial score (nSPS) is 8.80. The summed E-state index contributed by atoms with van der Waals surface area (Å²) in [5.41, 5.74) is 14.4. The third-order valence-corrected chi connectivity index (χ3v) is 1.81. The summed E-state index contributed by atoms with van der Waals surface area (Å²) in [5.74, 6) is 0.0738. The van der Waals surface area contributed by atoms with E-state index in [1.54, 1.807) is 0 Å². The molecule has 0 aromatic heterocycles. The van der Waals surface area contributed by atoms with Crippen LogP contribution in [0.4, 0.5) is 0 Å². The molecule has 0 aliphatic carbocycles. The lowest BCUT2D eigenvalue weighted by atomic mass is 10.1. The molecule has 4 nitrogen and oxygen atoms in total. The zero-order chi connectivity index (χ0) is 10.2. The highest BCUT2D eigenvalue weighted by Crippen LogP contribution is 2.01. The predicted octanol–water partition coefficient (Wildman–Crippen LogP) is 0.819. The van der Waals surface area contributed by atoms with Gasteiger partial charge in [-0.1, -0.05) is 30.3 Å². The summed E-state index contributed by atoms with van der Waals surface area (Å²) in [6.45, 7) is 0.785. The summed E-state index contributed by atoms with van der Waals surface area (Å²) in [4.78, 5) is 0. The Morgan fingerprint density at radius 3 is 2.47 bits per heavy atom. The molecule has 1 aromatic rings. The Kier molecular flexibility index (Phi) is 7.18. The molecule has 0 spiro atoms. The van der Waals surface area contributed by atoms with Gasteiger partial charge in [-0.3, -0.25) is 0 Å². The molecule has 5 N–H and O–H groups in total. The average molecular weight is 229 g/mol. The Balaban J connectivity index is 0.00000196. The van der Waals surface area contributed by atoms with Crippen molar-refractivity contribution in [1.82, 2.24) is 5.43 Å². The van der Waals surface area contributed by atoms with Crippen LogP contribution in [0.15, 0.2) is 35.4 Å². The number of benzene rings is 1. The number of hydrogen-bond donors (Lipinski definition) is 3. The fraction of sp³-hybridized carbons (Fsp3) is 0.300. The molecular weight excluding hydrogens is 212 g/mol. The molecule has 0 saturated heterocycles. The van der Waals surface area contributed by atoms with E-state index >= 15 is 0 Å². The summed E-state index contributed by atoms with van der Waals surface area (Å²) in [6.07, 6.45) is 2.05. The van der Waals surface area contributed by atoms with Crippen molar-refractivity contribution in [1.29, 1.82) is 0 Å². The number of aryl methyl sites for hydroxylation is 1. The van der Waals surface area contributed by atoms with Gasteiger partial charge in [0.2, 0.25) is 5.96 Å². The zero-order valence-corrected chi connectivity index (χ0v) is 9.33. The van der Waals surface area contributed by atoms with Crippen molar-refractivity contribution in [3.8, 4) is 0 Å². The molecule has 84 valence electrons. The Hall–Kier alpha value is -1.42. The molecule has 0 aliphatic heterocycles. The maximum atomic E-state index is 5.15. The fourth-order valence-corrected chi connectivity index (χ4v) is 1.16. The van der Waals surface area contributed by atoms with Gasteiger partial charge in [-0.15, -0.1) is 17.5 Å². The lowest BCUT2D eigenvalue weighted by Crippen LogP contribution is -2.26. The van der Waals surface area contributed by atoms with E-state index in [0.29, 0.717) is 0 Å². The van der Waals surface area contributed by atoms with Gasteiger partial charge in [-0.05, 0) is 18.4 Å². The molecule has 1 rings (SSSR count). The van der Waals surface area contributed by atoms with Crippen molar-refractivity contribution < 1.29 is 0 Å². The number of rotatable bonds is 5. The van der Waals surface area contributed by atoms with Crippen LogP contribution < -0.4 is 16.9 Å². The summed E-state index contributed by atoms with van der Waals surface area (Å²) in [5, 5.41) is 3.68. The second-order valence-electron chi connectivity index (χ2n) is 3.03. The lowest BCUT2D eigenvalue weighted by Gasteiger charge is -2.01. The summed E-state index contributed by atoms with van der Waals surface area (Å²) >= 11 is 0. The number of nitrogens with zero attached hydrogens (tertiary/aromatic N) is 1.